The molecule has 2 aromatic rings. The number of fused-ring (bicyclic) bond motifs is 1. The van der Waals surface area contributed by atoms with Crippen LogP contribution in [0, 0.1) is 5.92 Å². The number of carbonyl (C=O) groups excluding carboxylic acids is 1. The Balaban J connectivity index is 1.57. The van der Waals surface area contributed by atoms with Gasteiger partial charge in [0.25, 0.3) is 0 Å². The maximum Gasteiger partial charge on any atom is 0.308 e. The summed E-state index contributed by atoms with van der Waals surface area (Å²) in [6.07, 6.45) is 6.01. The fraction of sp³-hybridized carbons (Fsp3) is 0.581. The molecule has 0 aliphatic carbocycles. The number of unbranched alkanes of at least 4 members (excludes halogenated alkanes) is 2. The van der Waals surface area contributed by atoms with Crippen LogP contribution in [0.4, 0.5) is 0 Å². The van der Waals surface area contributed by atoms with Gasteiger partial charge in [-0.25, -0.2) is 0 Å². The van der Waals surface area contributed by atoms with E-state index in [0.29, 0.717) is 44.1 Å². The molecule has 10 heteroatoms. The molecule has 1 amide bonds. The molecule has 1 saturated heterocycles. The summed E-state index contributed by atoms with van der Waals surface area (Å²) in [6, 6.07) is 10.2. The van der Waals surface area contributed by atoms with Crippen LogP contribution in [0.1, 0.15) is 50.5 Å². The number of hydrogen-bond acceptors (Lipinski definition) is 7. The summed E-state index contributed by atoms with van der Waals surface area (Å²) >= 11 is 0. The molecule has 3 heterocycles. The van der Waals surface area contributed by atoms with Crippen molar-refractivity contribution in [1.29, 1.82) is 0 Å². The number of aliphatic carboxylic acids is 1. The highest BCUT2D eigenvalue weighted by molar-refractivity contribution is 5.79. The predicted molar refractivity (Wildman–Crippen MR) is 156 cm³/mol. The van der Waals surface area contributed by atoms with E-state index in [0.717, 1.165) is 37.8 Å². The summed E-state index contributed by atoms with van der Waals surface area (Å²) in [4.78, 5) is 45.0. The number of carbonyl (C=O) groups is 2. The van der Waals surface area contributed by atoms with Gasteiger partial charge in [0.1, 0.15) is 0 Å². The number of hydrogen-bond donors (Lipinski definition) is 1. The summed E-state index contributed by atoms with van der Waals surface area (Å²) in [5.41, 5.74) is 0.723. The van der Waals surface area contributed by atoms with Gasteiger partial charge in [-0.2, -0.15) is 0 Å². The number of rotatable bonds is 15. The first-order chi connectivity index (χ1) is 19.8. The van der Waals surface area contributed by atoms with E-state index < -0.39 is 17.9 Å². The highest BCUT2D eigenvalue weighted by Gasteiger charge is 2.47. The van der Waals surface area contributed by atoms with Crippen LogP contribution in [-0.2, 0) is 16.1 Å². The number of nitrogens with zero attached hydrogens (tertiary/aromatic N) is 4. The molecule has 41 heavy (non-hydrogen) atoms. The normalized spacial score (nSPS) is 20.0. The van der Waals surface area contributed by atoms with Crippen LogP contribution >= 0.6 is 0 Å². The number of benzene rings is 1. The van der Waals surface area contributed by atoms with Crippen molar-refractivity contribution in [3.05, 3.63) is 58.5 Å². The number of aryl methyl sites for hydroxylation is 1. The molecular weight excluding hydrogens is 524 g/mol. The lowest BCUT2D eigenvalue weighted by atomic mass is 9.84. The molecule has 0 saturated carbocycles. The van der Waals surface area contributed by atoms with Gasteiger partial charge in [0, 0.05) is 50.4 Å². The van der Waals surface area contributed by atoms with Crippen molar-refractivity contribution >= 4 is 11.9 Å². The van der Waals surface area contributed by atoms with E-state index in [-0.39, 0.29) is 30.7 Å². The maximum absolute atomic E-state index is 13.7. The molecule has 2 aliphatic rings. The molecule has 0 radical (unpaired) electrons. The van der Waals surface area contributed by atoms with E-state index >= 15 is 0 Å². The van der Waals surface area contributed by atoms with Crippen LogP contribution in [-0.4, -0.2) is 95.9 Å². The van der Waals surface area contributed by atoms with Crippen molar-refractivity contribution in [2.45, 2.75) is 57.5 Å². The second kappa shape index (κ2) is 14.5. The first-order valence-electron chi connectivity index (χ1n) is 14.7. The Morgan fingerprint density at radius 2 is 1.78 bits per heavy atom. The lowest BCUT2D eigenvalue weighted by Gasteiger charge is -2.30. The van der Waals surface area contributed by atoms with E-state index in [9.17, 15) is 19.5 Å². The Morgan fingerprint density at radius 3 is 2.51 bits per heavy atom. The van der Waals surface area contributed by atoms with Gasteiger partial charge in [-0.1, -0.05) is 25.5 Å². The third-order valence-corrected chi connectivity index (χ3v) is 8.18. The first-order valence-corrected chi connectivity index (χ1v) is 14.7. The summed E-state index contributed by atoms with van der Waals surface area (Å²) in [7, 11) is 4.10. The van der Waals surface area contributed by atoms with Crippen molar-refractivity contribution in [1.82, 2.24) is 19.3 Å². The third kappa shape index (κ3) is 7.89. The summed E-state index contributed by atoms with van der Waals surface area (Å²) in [5.74, 6) is -0.702. The van der Waals surface area contributed by atoms with Crippen LogP contribution in [0.3, 0.4) is 0 Å². The number of likely N-dealkylation sites (tertiary alicyclic amines) is 1. The largest absolute Gasteiger partial charge is 0.481 e. The molecule has 10 nitrogen and oxygen atoms in total. The second-order valence-corrected chi connectivity index (χ2v) is 11.3. The summed E-state index contributed by atoms with van der Waals surface area (Å²) < 4.78 is 12.6. The maximum atomic E-state index is 13.7. The van der Waals surface area contributed by atoms with Crippen molar-refractivity contribution in [2.24, 2.45) is 5.92 Å². The number of carboxylic acid groups (broad SMARTS) is 1. The van der Waals surface area contributed by atoms with Gasteiger partial charge >= 0.3 is 5.97 Å². The molecule has 4 rings (SSSR count). The standard InChI is InChI=1S/C31H44N4O6/c1-4-5-15-33(17-9-8-14-32(2)3)29(37)21-35-20-24(23-11-12-26-27(19-23)41-22-40-26)30(31(38)39)25(35)13-18-34-16-7-6-10-28(34)36/h6-7,10-12,16,19,24-25,30H,4-5,8-9,13-15,17-18,20-22H2,1-3H3,(H,38,39)/t24?,25-,30+/m1/s1. The van der Waals surface area contributed by atoms with Gasteiger partial charge < -0.3 is 28.9 Å². The minimum absolute atomic E-state index is 0.0284. The predicted octanol–water partition coefficient (Wildman–Crippen LogP) is 3.11. The number of amides is 1. The topological polar surface area (TPSA) is 105 Å². The molecule has 0 bridgehead atoms. The second-order valence-electron chi connectivity index (χ2n) is 11.3. The van der Waals surface area contributed by atoms with Crippen molar-refractivity contribution in [3.8, 4) is 11.5 Å². The first kappa shape index (κ1) is 30.6. The molecule has 1 N–H and O–H groups in total. The Labute approximate surface area is 242 Å². The van der Waals surface area contributed by atoms with Crippen molar-refractivity contribution < 1.29 is 24.2 Å². The summed E-state index contributed by atoms with van der Waals surface area (Å²) in [5, 5.41) is 10.5. The molecule has 3 atom stereocenters. The van der Waals surface area contributed by atoms with Gasteiger partial charge in [0.2, 0.25) is 18.3 Å². The number of pyridine rings is 1. The third-order valence-electron chi connectivity index (χ3n) is 8.18. The fourth-order valence-electron chi connectivity index (χ4n) is 5.97. The van der Waals surface area contributed by atoms with E-state index in [1.807, 2.05) is 42.1 Å². The van der Waals surface area contributed by atoms with Gasteiger partial charge in [0.05, 0.1) is 12.5 Å². The minimum Gasteiger partial charge on any atom is -0.481 e. The molecule has 0 spiro atoms. The Kier molecular flexibility index (Phi) is 10.8. The monoisotopic (exact) mass is 568 g/mol. The zero-order valence-corrected chi connectivity index (χ0v) is 24.5. The van der Waals surface area contributed by atoms with Gasteiger partial charge in [-0.15, -0.1) is 0 Å². The Morgan fingerprint density at radius 1 is 1.02 bits per heavy atom. The average molecular weight is 569 g/mol. The van der Waals surface area contributed by atoms with Gasteiger partial charge in [0.15, 0.2) is 11.5 Å². The van der Waals surface area contributed by atoms with Gasteiger partial charge in [-0.05, 0) is 70.1 Å². The lowest BCUT2D eigenvalue weighted by molar-refractivity contribution is -0.144. The van der Waals surface area contributed by atoms with Crippen LogP contribution in [0.25, 0.3) is 0 Å². The van der Waals surface area contributed by atoms with Crippen LogP contribution in [0.2, 0.25) is 0 Å². The van der Waals surface area contributed by atoms with Crippen LogP contribution in [0.5, 0.6) is 11.5 Å². The molecule has 1 aromatic heterocycles. The van der Waals surface area contributed by atoms with Crippen molar-refractivity contribution in [3.63, 3.8) is 0 Å². The molecule has 1 unspecified atom stereocenters. The van der Waals surface area contributed by atoms with E-state index in [1.165, 1.54) is 6.07 Å². The molecular formula is C31H44N4O6. The Hall–Kier alpha value is -3.37. The Bertz CT molecular complexity index is 1230. The van der Waals surface area contributed by atoms with Gasteiger partial charge in [-0.3, -0.25) is 19.3 Å². The molecule has 2 aliphatic heterocycles. The van der Waals surface area contributed by atoms with E-state index in [1.54, 1.807) is 22.9 Å². The number of carboxylic acids is 1. The lowest BCUT2D eigenvalue weighted by Crippen LogP contribution is -2.45. The van der Waals surface area contributed by atoms with E-state index in [4.69, 9.17) is 9.47 Å². The highest BCUT2D eigenvalue weighted by atomic mass is 16.7. The van der Waals surface area contributed by atoms with E-state index in [2.05, 4.69) is 11.8 Å². The quantitative estimate of drug-likeness (QED) is 0.327. The van der Waals surface area contributed by atoms with Crippen LogP contribution in [0.15, 0.2) is 47.4 Å². The van der Waals surface area contributed by atoms with Crippen LogP contribution < -0.4 is 15.0 Å². The number of ether oxygens (including phenoxy) is 2. The molecule has 1 fully saturated rings. The molecule has 1 aromatic carbocycles. The smallest absolute Gasteiger partial charge is 0.308 e. The fourth-order valence-corrected chi connectivity index (χ4v) is 5.97. The van der Waals surface area contributed by atoms with Crippen molar-refractivity contribution in [2.75, 3.05) is 53.6 Å². The minimum atomic E-state index is -0.903. The SMILES string of the molecule is CCCCN(CCCCN(C)C)C(=O)CN1CC(c2ccc3c(c2)OCO3)[C@H](C(=O)O)[C@H]1CCn1ccccc1=O. The summed E-state index contributed by atoms with van der Waals surface area (Å²) in [6.45, 7) is 5.57. The zero-order valence-electron chi connectivity index (χ0n) is 24.5. The number of aromatic nitrogens is 1. The molecule has 224 valence electrons. The highest BCUT2D eigenvalue weighted by Crippen LogP contribution is 2.42. The average Bonchev–Trinajstić information content (AvgIpc) is 3.56. The zero-order chi connectivity index (χ0) is 29.4.